The van der Waals surface area contributed by atoms with Gasteiger partial charge in [-0.3, -0.25) is 0 Å². The first-order valence-electron chi connectivity index (χ1n) is 6.99. The molecule has 106 valence electrons. The number of anilines is 1. The van der Waals surface area contributed by atoms with E-state index in [9.17, 15) is 8.78 Å². The van der Waals surface area contributed by atoms with Gasteiger partial charge < -0.3 is 5.32 Å². The van der Waals surface area contributed by atoms with Gasteiger partial charge in [0.25, 0.3) is 0 Å². The normalized spacial score (nSPS) is 17.3. The van der Waals surface area contributed by atoms with Gasteiger partial charge in [0.05, 0.1) is 11.7 Å². The topological polar surface area (TPSA) is 12.0 Å². The third-order valence-corrected chi connectivity index (χ3v) is 4.92. The van der Waals surface area contributed by atoms with Crippen molar-refractivity contribution in [1.82, 2.24) is 0 Å². The molecular formula is C16H17F2NS. The van der Waals surface area contributed by atoms with Gasteiger partial charge in [-0.05, 0) is 42.3 Å². The average Bonchev–Trinajstić information content (AvgIpc) is 3.11. The summed E-state index contributed by atoms with van der Waals surface area (Å²) in [5.74, 6) is -0.538. The maximum atomic E-state index is 13.8. The van der Waals surface area contributed by atoms with Crippen molar-refractivity contribution < 1.29 is 8.78 Å². The maximum Gasteiger partial charge on any atom is 0.149 e. The lowest BCUT2D eigenvalue weighted by molar-refractivity contribution is 0.472. The largest absolute Gasteiger partial charge is 0.375 e. The summed E-state index contributed by atoms with van der Waals surface area (Å²) >= 11 is 1.69. The minimum Gasteiger partial charge on any atom is -0.375 e. The van der Waals surface area contributed by atoms with Crippen LogP contribution in [-0.4, -0.2) is 0 Å². The zero-order valence-corrected chi connectivity index (χ0v) is 11.9. The molecule has 20 heavy (non-hydrogen) atoms. The predicted octanol–water partition coefficient (Wildman–Crippen LogP) is 5.37. The summed E-state index contributed by atoms with van der Waals surface area (Å²) in [6.07, 6.45) is 4.80. The van der Waals surface area contributed by atoms with Crippen molar-refractivity contribution in [2.45, 2.75) is 31.7 Å². The monoisotopic (exact) mass is 293 g/mol. The third-order valence-electron chi connectivity index (χ3n) is 3.96. The summed E-state index contributed by atoms with van der Waals surface area (Å²) < 4.78 is 26.8. The fraction of sp³-hybridized carbons (Fsp3) is 0.375. The fourth-order valence-corrected chi connectivity index (χ4v) is 3.82. The van der Waals surface area contributed by atoms with E-state index in [2.05, 4.69) is 11.4 Å². The highest BCUT2D eigenvalue weighted by Gasteiger charge is 2.27. The number of thiophene rings is 1. The van der Waals surface area contributed by atoms with Gasteiger partial charge in [-0.15, -0.1) is 11.3 Å². The molecule has 0 amide bonds. The molecule has 1 aromatic heterocycles. The Labute approximate surface area is 121 Å². The smallest absolute Gasteiger partial charge is 0.149 e. The second-order valence-electron chi connectivity index (χ2n) is 5.31. The Morgan fingerprint density at radius 2 is 1.95 bits per heavy atom. The van der Waals surface area contributed by atoms with Gasteiger partial charge >= 0.3 is 0 Å². The summed E-state index contributed by atoms with van der Waals surface area (Å²) in [4.78, 5) is 1.22. The Hall–Kier alpha value is -1.42. The summed E-state index contributed by atoms with van der Waals surface area (Å²) in [6, 6.07) is 7.94. The summed E-state index contributed by atoms with van der Waals surface area (Å²) in [5.41, 5.74) is 0.386. The number of rotatable bonds is 4. The number of hydrogen-bond donors (Lipinski definition) is 1. The molecule has 1 N–H and O–H groups in total. The molecule has 0 saturated heterocycles. The molecule has 0 radical (unpaired) electrons. The van der Waals surface area contributed by atoms with Crippen molar-refractivity contribution in [3.63, 3.8) is 0 Å². The second kappa shape index (κ2) is 5.92. The highest BCUT2D eigenvalue weighted by Crippen LogP contribution is 2.39. The minimum absolute atomic E-state index is 0.123. The van der Waals surface area contributed by atoms with Crippen LogP contribution < -0.4 is 5.32 Å². The van der Waals surface area contributed by atoms with E-state index in [1.807, 2.05) is 11.4 Å². The van der Waals surface area contributed by atoms with E-state index in [1.54, 1.807) is 11.3 Å². The van der Waals surface area contributed by atoms with E-state index in [-0.39, 0.29) is 6.04 Å². The molecule has 1 unspecified atom stereocenters. The molecule has 3 rings (SSSR count). The van der Waals surface area contributed by atoms with Crippen molar-refractivity contribution in [3.05, 3.63) is 52.2 Å². The molecule has 4 heteroatoms. The lowest BCUT2D eigenvalue weighted by Crippen LogP contribution is -2.18. The summed E-state index contributed by atoms with van der Waals surface area (Å²) in [5, 5.41) is 5.33. The van der Waals surface area contributed by atoms with E-state index >= 15 is 0 Å². The van der Waals surface area contributed by atoms with Crippen LogP contribution in [0.5, 0.6) is 0 Å². The Morgan fingerprint density at radius 1 is 1.15 bits per heavy atom. The Bertz CT molecular complexity index is 562. The molecule has 1 nitrogen and oxygen atoms in total. The van der Waals surface area contributed by atoms with Crippen LogP contribution in [0.25, 0.3) is 0 Å². The lowest BCUT2D eigenvalue weighted by atomic mass is 9.96. The first kappa shape index (κ1) is 13.6. The molecule has 1 heterocycles. The van der Waals surface area contributed by atoms with Crippen LogP contribution in [0.3, 0.4) is 0 Å². The fourth-order valence-electron chi connectivity index (χ4n) is 2.95. The van der Waals surface area contributed by atoms with Crippen LogP contribution in [-0.2, 0) is 0 Å². The number of benzene rings is 1. The highest BCUT2D eigenvalue weighted by molar-refractivity contribution is 7.10. The van der Waals surface area contributed by atoms with Crippen molar-refractivity contribution >= 4 is 17.0 Å². The van der Waals surface area contributed by atoms with Crippen molar-refractivity contribution in [1.29, 1.82) is 0 Å². The van der Waals surface area contributed by atoms with Gasteiger partial charge in [-0.1, -0.05) is 18.9 Å². The van der Waals surface area contributed by atoms with Gasteiger partial charge in [0.15, 0.2) is 0 Å². The highest BCUT2D eigenvalue weighted by atomic mass is 32.1. The second-order valence-corrected chi connectivity index (χ2v) is 6.29. The van der Waals surface area contributed by atoms with Crippen molar-refractivity contribution in [2.75, 3.05) is 5.32 Å². The molecule has 2 aromatic rings. The molecule has 1 fully saturated rings. The number of halogens is 2. The van der Waals surface area contributed by atoms with Gasteiger partial charge in [0, 0.05) is 10.9 Å². The number of hydrogen-bond acceptors (Lipinski definition) is 2. The SMILES string of the molecule is Fc1ccc(NC(c2cccs2)C2CCCC2)c(F)c1. The average molecular weight is 293 g/mol. The van der Waals surface area contributed by atoms with Crippen LogP contribution in [0.15, 0.2) is 35.7 Å². The molecule has 0 aliphatic heterocycles. The van der Waals surface area contributed by atoms with Crippen LogP contribution in [0.1, 0.15) is 36.6 Å². The van der Waals surface area contributed by atoms with Gasteiger partial charge in [-0.25, -0.2) is 8.78 Å². The first-order chi connectivity index (χ1) is 9.74. The Kier molecular flexibility index (Phi) is 4.01. The van der Waals surface area contributed by atoms with Crippen molar-refractivity contribution in [2.24, 2.45) is 5.92 Å². The molecule has 1 atom stereocenters. The molecular weight excluding hydrogens is 276 g/mol. The van der Waals surface area contributed by atoms with Crippen LogP contribution >= 0.6 is 11.3 Å². The van der Waals surface area contributed by atoms with E-state index in [0.29, 0.717) is 11.6 Å². The first-order valence-corrected chi connectivity index (χ1v) is 7.87. The van der Waals surface area contributed by atoms with Gasteiger partial charge in [0.1, 0.15) is 11.6 Å². The Morgan fingerprint density at radius 3 is 2.60 bits per heavy atom. The maximum absolute atomic E-state index is 13.8. The quantitative estimate of drug-likeness (QED) is 0.799. The lowest BCUT2D eigenvalue weighted by Gasteiger charge is -2.25. The van der Waals surface area contributed by atoms with E-state index < -0.39 is 11.6 Å². The number of nitrogens with one attached hydrogen (secondary N) is 1. The van der Waals surface area contributed by atoms with Gasteiger partial charge in [-0.2, -0.15) is 0 Å². The standard InChI is InChI=1S/C16H17F2NS/c17-12-7-8-14(13(18)10-12)19-16(11-4-1-2-5-11)15-6-3-9-20-15/h3,6-11,16,19H,1-2,4-5H2. The molecule has 1 saturated carbocycles. The van der Waals surface area contributed by atoms with Gasteiger partial charge in [0.2, 0.25) is 0 Å². The van der Waals surface area contributed by atoms with Crippen LogP contribution in [0.4, 0.5) is 14.5 Å². The molecule has 0 bridgehead atoms. The molecule has 1 aliphatic carbocycles. The molecule has 0 spiro atoms. The summed E-state index contributed by atoms with van der Waals surface area (Å²) in [7, 11) is 0. The predicted molar refractivity (Wildman–Crippen MR) is 79.0 cm³/mol. The molecule has 1 aliphatic rings. The third kappa shape index (κ3) is 2.85. The van der Waals surface area contributed by atoms with E-state index in [0.717, 1.165) is 6.07 Å². The Balaban J connectivity index is 1.86. The minimum atomic E-state index is -0.540. The molecule has 1 aromatic carbocycles. The van der Waals surface area contributed by atoms with Crippen LogP contribution in [0.2, 0.25) is 0 Å². The van der Waals surface area contributed by atoms with Crippen molar-refractivity contribution in [3.8, 4) is 0 Å². The summed E-state index contributed by atoms with van der Waals surface area (Å²) in [6.45, 7) is 0. The van der Waals surface area contributed by atoms with E-state index in [4.69, 9.17) is 0 Å². The zero-order chi connectivity index (χ0) is 13.9. The van der Waals surface area contributed by atoms with Crippen LogP contribution in [0, 0.1) is 17.6 Å². The van der Waals surface area contributed by atoms with E-state index in [1.165, 1.54) is 42.7 Å². The zero-order valence-electron chi connectivity index (χ0n) is 11.1.